The molecule has 2 aromatic carbocycles. The van der Waals surface area contributed by atoms with Gasteiger partial charge in [-0.3, -0.25) is 4.98 Å². The standard InChI is InChI=1S/C27H25ClN4OS/c1-17-16-23(18(2)31(17)20-9-7-19(28)8-10-20)26-25(24-6-4-5-15-29-24)30-27(34)32(26)21-11-13-22(33-3)14-12-21/h4-16,25-26H,1-3H3,(H,30,34)/t25-,26+/m0/s1. The average Bonchev–Trinajstić information content (AvgIpc) is 3.35. The molecule has 0 unspecified atom stereocenters. The van der Waals surface area contributed by atoms with Crippen LogP contribution in [0.3, 0.4) is 0 Å². The zero-order valence-electron chi connectivity index (χ0n) is 19.2. The highest BCUT2D eigenvalue weighted by Gasteiger charge is 2.42. The Balaban J connectivity index is 1.66. The molecule has 2 aromatic heterocycles. The number of nitrogens with zero attached hydrogens (tertiary/aromatic N) is 3. The minimum Gasteiger partial charge on any atom is -0.497 e. The number of ether oxygens (including phenoxy) is 1. The zero-order valence-corrected chi connectivity index (χ0v) is 20.8. The Hall–Kier alpha value is -3.35. The molecule has 0 amide bonds. The van der Waals surface area contributed by atoms with Gasteiger partial charge in [0.25, 0.3) is 0 Å². The Kier molecular flexibility index (Phi) is 6.02. The summed E-state index contributed by atoms with van der Waals surface area (Å²) in [6.07, 6.45) is 1.82. The van der Waals surface area contributed by atoms with Gasteiger partial charge in [0.1, 0.15) is 5.75 Å². The van der Waals surface area contributed by atoms with Crippen molar-refractivity contribution in [2.45, 2.75) is 25.9 Å². The molecule has 1 saturated heterocycles. The van der Waals surface area contributed by atoms with Crippen molar-refractivity contribution in [2.24, 2.45) is 0 Å². The van der Waals surface area contributed by atoms with E-state index in [0.29, 0.717) is 5.11 Å². The maximum Gasteiger partial charge on any atom is 0.174 e. The quantitative estimate of drug-likeness (QED) is 0.332. The number of methoxy groups -OCH3 is 1. The van der Waals surface area contributed by atoms with Crippen molar-refractivity contribution in [2.75, 3.05) is 12.0 Å². The molecule has 5 nitrogen and oxygen atoms in total. The summed E-state index contributed by atoms with van der Waals surface area (Å²) in [5.41, 5.74) is 6.49. The van der Waals surface area contributed by atoms with Crippen LogP contribution in [0.2, 0.25) is 5.02 Å². The van der Waals surface area contributed by atoms with Crippen molar-refractivity contribution >= 4 is 34.6 Å². The molecule has 1 fully saturated rings. The van der Waals surface area contributed by atoms with Gasteiger partial charge in [-0.2, -0.15) is 0 Å². The summed E-state index contributed by atoms with van der Waals surface area (Å²) in [5, 5.41) is 4.92. The van der Waals surface area contributed by atoms with E-state index in [1.807, 2.05) is 72.9 Å². The SMILES string of the molecule is COc1ccc(N2C(=S)N[C@@H](c3ccccn3)[C@H]2c2cc(C)n(-c3ccc(Cl)cc3)c2C)cc1. The summed E-state index contributed by atoms with van der Waals surface area (Å²) >= 11 is 12.0. The summed E-state index contributed by atoms with van der Waals surface area (Å²) in [5.74, 6) is 0.806. The van der Waals surface area contributed by atoms with E-state index in [0.717, 1.165) is 39.2 Å². The summed E-state index contributed by atoms with van der Waals surface area (Å²) in [6, 6.07) is 24.0. The second kappa shape index (κ2) is 9.12. The number of anilines is 1. The van der Waals surface area contributed by atoms with Gasteiger partial charge in [-0.25, -0.2) is 0 Å². The lowest BCUT2D eigenvalue weighted by Crippen LogP contribution is -2.29. The fraction of sp³-hybridized carbons (Fsp3) is 0.185. The van der Waals surface area contributed by atoms with Crippen molar-refractivity contribution in [3.63, 3.8) is 0 Å². The number of rotatable bonds is 5. The molecule has 0 bridgehead atoms. The van der Waals surface area contributed by atoms with Gasteiger partial charge in [-0.05, 0) is 98.4 Å². The molecule has 1 aliphatic heterocycles. The predicted molar refractivity (Wildman–Crippen MR) is 141 cm³/mol. The molecule has 7 heteroatoms. The van der Waals surface area contributed by atoms with E-state index in [9.17, 15) is 0 Å². The van der Waals surface area contributed by atoms with Gasteiger partial charge in [-0.1, -0.05) is 17.7 Å². The van der Waals surface area contributed by atoms with Crippen molar-refractivity contribution in [3.05, 3.63) is 107 Å². The minimum atomic E-state index is -0.102. The second-order valence-electron chi connectivity index (χ2n) is 8.33. The van der Waals surface area contributed by atoms with Crippen LogP contribution >= 0.6 is 23.8 Å². The topological polar surface area (TPSA) is 42.3 Å². The van der Waals surface area contributed by atoms with E-state index in [4.69, 9.17) is 28.6 Å². The van der Waals surface area contributed by atoms with Crippen molar-refractivity contribution in [1.29, 1.82) is 0 Å². The zero-order chi connectivity index (χ0) is 23.8. The molecule has 0 radical (unpaired) electrons. The van der Waals surface area contributed by atoms with E-state index in [-0.39, 0.29) is 12.1 Å². The third-order valence-electron chi connectivity index (χ3n) is 6.32. The highest BCUT2D eigenvalue weighted by molar-refractivity contribution is 7.80. The minimum absolute atomic E-state index is 0.0805. The molecule has 0 saturated carbocycles. The monoisotopic (exact) mass is 488 g/mol. The number of thiocarbonyl (C=S) groups is 1. The lowest BCUT2D eigenvalue weighted by molar-refractivity contribution is 0.415. The third-order valence-corrected chi connectivity index (χ3v) is 6.89. The first kappa shape index (κ1) is 22.4. The van der Waals surface area contributed by atoms with Crippen LogP contribution in [0.5, 0.6) is 5.75 Å². The number of aromatic nitrogens is 2. The maximum atomic E-state index is 6.14. The molecule has 1 N–H and O–H groups in total. The number of aryl methyl sites for hydroxylation is 1. The average molecular weight is 489 g/mol. The number of nitrogens with one attached hydrogen (secondary N) is 1. The molecule has 2 atom stereocenters. The van der Waals surface area contributed by atoms with Crippen LogP contribution in [0, 0.1) is 13.8 Å². The molecule has 172 valence electrons. The fourth-order valence-corrected chi connectivity index (χ4v) is 5.24. The number of halogens is 1. The fourth-order valence-electron chi connectivity index (χ4n) is 4.77. The number of hydrogen-bond acceptors (Lipinski definition) is 3. The molecule has 4 aromatic rings. The first-order chi connectivity index (χ1) is 16.5. The van der Waals surface area contributed by atoms with Crippen LogP contribution in [0.25, 0.3) is 5.69 Å². The number of pyridine rings is 1. The first-order valence-corrected chi connectivity index (χ1v) is 11.9. The van der Waals surface area contributed by atoms with Crippen LogP contribution in [0.15, 0.2) is 79.0 Å². The second-order valence-corrected chi connectivity index (χ2v) is 9.16. The maximum absolute atomic E-state index is 6.14. The normalized spacial score (nSPS) is 17.6. The van der Waals surface area contributed by atoms with E-state index < -0.39 is 0 Å². The molecule has 0 spiro atoms. The third kappa shape index (κ3) is 3.93. The van der Waals surface area contributed by atoms with E-state index in [1.165, 1.54) is 5.56 Å². The molecular formula is C27H25ClN4OS. The Bertz CT molecular complexity index is 1320. The van der Waals surface area contributed by atoms with Crippen LogP contribution in [0.1, 0.15) is 34.7 Å². The molecule has 0 aliphatic carbocycles. The van der Waals surface area contributed by atoms with Gasteiger partial charge in [-0.15, -0.1) is 0 Å². The van der Waals surface area contributed by atoms with Gasteiger partial charge in [0.2, 0.25) is 0 Å². The van der Waals surface area contributed by atoms with E-state index in [1.54, 1.807) is 7.11 Å². The van der Waals surface area contributed by atoms with E-state index in [2.05, 4.69) is 39.7 Å². The summed E-state index contributed by atoms with van der Waals surface area (Å²) in [6.45, 7) is 4.28. The lowest BCUT2D eigenvalue weighted by atomic mass is 9.96. The highest BCUT2D eigenvalue weighted by atomic mass is 35.5. The van der Waals surface area contributed by atoms with Crippen molar-refractivity contribution in [3.8, 4) is 11.4 Å². The predicted octanol–water partition coefficient (Wildman–Crippen LogP) is 6.33. The molecule has 34 heavy (non-hydrogen) atoms. The lowest BCUT2D eigenvalue weighted by Gasteiger charge is -2.28. The van der Waals surface area contributed by atoms with Gasteiger partial charge in [0.15, 0.2) is 5.11 Å². The Morgan fingerprint density at radius 1 is 0.971 bits per heavy atom. The van der Waals surface area contributed by atoms with Gasteiger partial charge < -0.3 is 19.5 Å². The summed E-state index contributed by atoms with van der Waals surface area (Å²) in [7, 11) is 1.67. The number of hydrogen-bond donors (Lipinski definition) is 1. The summed E-state index contributed by atoms with van der Waals surface area (Å²) in [4.78, 5) is 6.85. The Morgan fingerprint density at radius 2 is 1.68 bits per heavy atom. The molecule has 5 rings (SSSR count). The van der Waals surface area contributed by atoms with Crippen LogP contribution in [-0.4, -0.2) is 21.8 Å². The van der Waals surface area contributed by atoms with Gasteiger partial charge in [0.05, 0.1) is 24.9 Å². The van der Waals surface area contributed by atoms with Crippen LogP contribution < -0.4 is 15.0 Å². The Labute approximate surface area is 210 Å². The highest BCUT2D eigenvalue weighted by Crippen LogP contribution is 2.44. The molecule has 3 heterocycles. The largest absolute Gasteiger partial charge is 0.497 e. The first-order valence-electron chi connectivity index (χ1n) is 11.1. The van der Waals surface area contributed by atoms with Gasteiger partial charge >= 0.3 is 0 Å². The Morgan fingerprint density at radius 3 is 2.32 bits per heavy atom. The van der Waals surface area contributed by atoms with Crippen LogP contribution in [-0.2, 0) is 0 Å². The van der Waals surface area contributed by atoms with E-state index >= 15 is 0 Å². The summed E-state index contributed by atoms with van der Waals surface area (Å²) < 4.78 is 7.63. The molecular weight excluding hydrogens is 464 g/mol. The van der Waals surface area contributed by atoms with Gasteiger partial charge in [0, 0.05) is 34.0 Å². The van der Waals surface area contributed by atoms with Crippen molar-refractivity contribution < 1.29 is 4.74 Å². The smallest absolute Gasteiger partial charge is 0.174 e. The van der Waals surface area contributed by atoms with Crippen molar-refractivity contribution in [1.82, 2.24) is 14.9 Å². The van der Waals surface area contributed by atoms with Crippen LogP contribution in [0.4, 0.5) is 5.69 Å². The number of benzene rings is 2. The molecule has 1 aliphatic rings.